The van der Waals surface area contributed by atoms with Crippen molar-refractivity contribution in [3.05, 3.63) is 157 Å². The van der Waals surface area contributed by atoms with Crippen molar-refractivity contribution in [2.45, 2.75) is 0 Å². The van der Waals surface area contributed by atoms with Crippen LogP contribution in [0.5, 0.6) is 0 Å². The monoisotopic (exact) mass is 573 g/mol. The maximum absolute atomic E-state index is 4.73. The zero-order valence-corrected chi connectivity index (χ0v) is 24.5. The summed E-state index contributed by atoms with van der Waals surface area (Å²) in [6.07, 6.45) is 8.38. The fourth-order valence-electron chi connectivity index (χ4n) is 5.31. The summed E-state index contributed by atoms with van der Waals surface area (Å²) in [6.45, 7) is 0. The lowest BCUT2D eigenvalue weighted by Crippen LogP contribution is -2.25. The van der Waals surface area contributed by atoms with Gasteiger partial charge in [-0.05, 0) is 58.7 Å². The Morgan fingerprint density at radius 2 is 0.953 bits per heavy atom. The maximum atomic E-state index is 4.73. The minimum Gasteiger partial charge on any atom is -0.311 e. The van der Waals surface area contributed by atoms with Crippen LogP contribution in [0.25, 0.3) is 45.4 Å². The van der Waals surface area contributed by atoms with Crippen molar-refractivity contribution >= 4 is 52.0 Å². The van der Waals surface area contributed by atoms with Crippen LogP contribution in [0, 0.1) is 0 Å². The van der Waals surface area contributed by atoms with Crippen molar-refractivity contribution in [2.24, 2.45) is 7.05 Å². The highest BCUT2D eigenvalue weighted by molar-refractivity contribution is 7.00. The molecule has 0 aliphatic carbocycles. The molecule has 0 aliphatic heterocycles. The Balaban J connectivity index is 1.18. The van der Waals surface area contributed by atoms with Gasteiger partial charge < -0.3 is 4.90 Å². The molecule has 7 rings (SSSR count). The Kier molecular flexibility index (Phi) is 7.30. The molecule has 0 saturated heterocycles. The van der Waals surface area contributed by atoms with Crippen LogP contribution in [0.2, 0.25) is 0 Å². The van der Waals surface area contributed by atoms with Crippen LogP contribution in [0.15, 0.2) is 146 Å². The molecule has 0 spiro atoms. The van der Waals surface area contributed by atoms with Crippen molar-refractivity contribution in [3.63, 3.8) is 0 Å². The van der Waals surface area contributed by atoms with E-state index in [0.717, 1.165) is 55.9 Å². The lowest BCUT2D eigenvalue weighted by Gasteiger charge is -2.25. The molecular formula is C38H29N4S+. The number of anilines is 3. The fraction of sp³-hybridized carbons (Fsp3) is 0.0263. The van der Waals surface area contributed by atoms with Gasteiger partial charge in [-0.1, -0.05) is 97.1 Å². The van der Waals surface area contributed by atoms with Gasteiger partial charge in [-0.15, -0.1) is 0 Å². The number of para-hydroxylation sites is 2. The Labute approximate surface area is 255 Å². The molecule has 5 heteroatoms. The summed E-state index contributed by atoms with van der Waals surface area (Å²) in [5.74, 6) is 0. The van der Waals surface area contributed by atoms with Gasteiger partial charge in [0, 0.05) is 40.3 Å². The third-order valence-corrected chi connectivity index (χ3v) is 8.10. The van der Waals surface area contributed by atoms with Crippen molar-refractivity contribution in [2.75, 3.05) is 4.90 Å². The van der Waals surface area contributed by atoms with Crippen LogP contribution < -0.4 is 9.47 Å². The molecule has 43 heavy (non-hydrogen) atoms. The SMILES string of the molecule is C[n+]1ccc(/C=C/c2ccc(-c3ccc(-c4ccc(N(c5ccccc5)c5ccccc5)cc4)c4nsnc34)cc2)cc1. The van der Waals surface area contributed by atoms with E-state index in [9.17, 15) is 0 Å². The lowest BCUT2D eigenvalue weighted by molar-refractivity contribution is -0.671. The van der Waals surface area contributed by atoms with Crippen molar-refractivity contribution in [1.82, 2.24) is 8.75 Å². The first-order chi connectivity index (χ1) is 21.2. The second-order valence-electron chi connectivity index (χ2n) is 10.4. The maximum Gasteiger partial charge on any atom is 0.169 e. The molecule has 0 atom stereocenters. The quantitative estimate of drug-likeness (QED) is 0.178. The van der Waals surface area contributed by atoms with Gasteiger partial charge in [0.25, 0.3) is 0 Å². The second-order valence-corrected chi connectivity index (χ2v) is 11.0. The number of fused-ring (bicyclic) bond motifs is 1. The molecule has 0 amide bonds. The number of nitrogens with zero attached hydrogens (tertiary/aromatic N) is 4. The number of hydrogen-bond donors (Lipinski definition) is 0. The molecular weight excluding hydrogens is 545 g/mol. The Bertz CT molecular complexity index is 1960. The molecule has 0 aliphatic rings. The second kappa shape index (κ2) is 11.8. The third kappa shape index (κ3) is 5.59. The Morgan fingerprint density at radius 1 is 0.512 bits per heavy atom. The number of aryl methyl sites for hydroxylation is 1. The summed E-state index contributed by atoms with van der Waals surface area (Å²) in [6, 6.07) is 46.8. The van der Waals surface area contributed by atoms with Crippen molar-refractivity contribution < 1.29 is 4.57 Å². The number of benzene rings is 5. The molecule has 0 N–H and O–H groups in total. The summed E-state index contributed by atoms with van der Waals surface area (Å²) >= 11 is 1.26. The number of pyridine rings is 1. The minimum absolute atomic E-state index is 0.930. The fourth-order valence-corrected chi connectivity index (χ4v) is 5.89. The largest absolute Gasteiger partial charge is 0.311 e. The molecule has 0 bridgehead atoms. The standard InChI is InChI=1S/C38H29N4S/c1-41-26-24-29(25-27-41)13-12-28-14-16-30(17-15-28)35-22-23-36(38-37(35)39-43-40-38)31-18-20-34(21-19-31)42(32-8-4-2-5-9-32)33-10-6-3-7-11-33/h2-27H,1H3/q+1. The van der Waals surface area contributed by atoms with Crippen LogP contribution in [0.3, 0.4) is 0 Å². The lowest BCUT2D eigenvalue weighted by atomic mass is 9.97. The van der Waals surface area contributed by atoms with Crippen LogP contribution in [0.1, 0.15) is 11.1 Å². The van der Waals surface area contributed by atoms with Gasteiger partial charge in [-0.25, -0.2) is 4.57 Å². The van der Waals surface area contributed by atoms with E-state index >= 15 is 0 Å². The number of hydrogen-bond acceptors (Lipinski definition) is 4. The molecule has 2 aromatic heterocycles. The predicted molar refractivity (Wildman–Crippen MR) is 180 cm³/mol. The van der Waals surface area contributed by atoms with E-state index in [1.54, 1.807) is 0 Å². The van der Waals surface area contributed by atoms with Gasteiger partial charge >= 0.3 is 0 Å². The van der Waals surface area contributed by atoms with Gasteiger partial charge in [0.15, 0.2) is 12.4 Å². The molecule has 2 heterocycles. The highest BCUT2D eigenvalue weighted by Crippen LogP contribution is 2.38. The summed E-state index contributed by atoms with van der Waals surface area (Å²) in [7, 11) is 2.02. The van der Waals surface area contributed by atoms with E-state index in [1.165, 1.54) is 17.3 Å². The van der Waals surface area contributed by atoms with Gasteiger partial charge in [-0.3, -0.25) is 0 Å². The van der Waals surface area contributed by atoms with Crippen LogP contribution in [-0.2, 0) is 7.05 Å². The van der Waals surface area contributed by atoms with E-state index in [-0.39, 0.29) is 0 Å². The first kappa shape index (κ1) is 26.5. The molecule has 7 aromatic rings. The number of aromatic nitrogens is 3. The van der Waals surface area contributed by atoms with Crippen molar-refractivity contribution in [3.8, 4) is 22.3 Å². The smallest absolute Gasteiger partial charge is 0.169 e. The van der Waals surface area contributed by atoms with E-state index in [4.69, 9.17) is 8.75 Å². The summed E-state index contributed by atoms with van der Waals surface area (Å²) < 4.78 is 11.5. The summed E-state index contributed by atoms with van der Waals surface area (Å²) in [4.78, 5) is 2.27. The molecule has 0 unspecified atom stereocenters. The first-order valence-electron chi connectivity index (χ1n) is 14.2. The molecule has 206 valence electrons. The zero-order valence-electron chi connectivity index (χ0n) is 23.7. The highest BCUT2D eigenvalue weighted by Gasteiger charge is 2.15. The van der Waals surface area contributed by atoms with Gasteiger partial charge in [0.2, 0.25) is 0 Å². The Hall–Kier alpha value is -5.39. The Morgan fingerprint density at radius 3 is 1.47 bits per heavy atom. The normalized spacial score (nSPS) is 11.3. The molecule has 5 aromatic carbocycles. The molecule has 0 saturated carbocycles. The predicted octanol–water partition coefficient (Wildman–Crippen LogP) is 9.49. The van der Waals surface area contributed by atoms with Gasteiger partial charge in [0.05, 0.1) is 11.7 Å². The van der Waals surface area contributed by atoms with Gasteiger partial charge in [-0.2, -0.15) is 8.75 Å². The molecule has 4 nitrogen and oxygen atoms in total. The summed E-state index contributed by atoms with van der Waals surface area (Å²) in [5.41, 5.74) is 11.9. The summed E-state index contributed by atoms with van der Waals surface area (Å²) in [5, 5.41) is 0. The van der Waals surface area contributed by atoms with Crippen LogP contribution >= 0.6 is 11.7 Å². The van der Waals surface area contributed by atoms with E-state index in [2.05, 4.69) is 151 Å². The topological polar surface area (TPSA) is 32.9 Å². The van der Waals surface area contributed by atoms with Gasteiger partial charge in [0.1, 0.15) is 18.1 Å². The minimum atomic E-state index is 0.930. The van der Waals surface area contributed by atoms with Crippen LogP contribution in [0.4, 0.5) is 17.1 Å². The number of rotatable bonds is 7. The average Bonchev–Trinajstić information content (AvgIpc) is 3.56. The van der Waals surface area contributed by atoms with Crippen molar-refractivity contribution in [1.29, 1.82) is 0 Å². The third-order valence-electron chi connectivity index (χ3n) is 7.57. The first-order valence-corrected chi connectivity index (χ1v) is 15.0. The zero-order chi connectivity index (χ0) is 29.0. The van der Waals surface area contributed by atoms with Crippen LogP contribution in [-0.4, -0.2) is 8.75 Å². The molecule has 0 radical (unpaired) electrons. The van der Waals surface area contributed by atoms with E-state index < -0.39 is 0 Å². The highest BCUT2D eigenvalue weighted by atomic mass is 32.1. The molecule has 0 fully saturated rings. The van der Waals surface area contributed by atoms with E-state index in [0.29, 0.717) is 0 Å². The van der Waals surface area contributed by atoms with E-state index in [1.807, 2.05) is 23.7 Å². The average molecular weight is 574 g/mol.